The van der Waals surface area contributed by atoms with Crippen LogP contribution in [-0.2, 0) is 14.3 Å². The van der Waals surface area contributed by atoms with Crippen LogP contribution in [0.3, 0.4) is 0 Å². The van der Waals surface area contributed by atoms with Crippen LogP contribution in [0.1, 0.15) is 44.1 Å². The van der Waals surface area contributed by atoms with Gasteiger partial charge in [0.1, 0.15) is 11.3 Å². The second-order valence-corrected chi connectivity index (χ2v) is 5.76. The van der Waals surface area contributed by atoms with Crippen molar-refractivity contribution >= 4 is 11.9 Å². The molecule has 0 saturated heterocycles. The van der Waals surface area contributed by atoms with Gasteiger partial charge in [0.2, 0.25) is 5.91 Å². The van der Waals surface area contributed by atoms with Gasteiger partial charge in [-0.15, -0.1) is 0 Å². The fourth-order valence-electron chi connectivity index (χ4n) is 2.94. The second kappa shape index (κ2) is 6.81. The van der Waals surface area contributed by atoms with E-state index in [1.165, 1.54) is 7.11 Å². The molecule has 1 aliphatic carbocycles. The van der Waals surface area contributed by atoms with Crippen molar-refractivity contribution in [3.8, 4) is 5.75 Å². The van der Waals surface area contributed by atoms with Crippen LogP contribution in [0.5, 0.6) is 5.75 Å². The summed E-state index contributed by atoms with van der Waals surface area (Å²) < 4.78 is 10.0. The minimum absolute atomic E-state index is 0.155. The number of carbonyl (C=O) groups excluding carboxylic acids is 2. The summed E-state index contributed by atoms with van der Waals surface area (Å²) >= 11 is 0. The molecule has 0 aliphatic heterocycles. The summed E-state index contributed by atoms with van der Waals surface area (Å²) in [5.41, 5.74) is 0.0309. The van der Waals surface area contributed by atoms with Crippen molar-refractivity contribution in [1.82, 2.24) is 5.32 Å². The molecule has 0 aromatic heterocycles. The molecule has 1 N–H and O–H groups in total. The molecule has 0 bridgehead atoms. The number of hydrogen-bond donors (Lipinski definition) is 1. The van der Waals surface area contributed by atoms with Crippen molar-refractivity contribution in [2.45, 2.75) is 44.1 Å². The molecule has 1 atom stereocenters. The number of carbonyl (C=O) groups is 2. The van der Waals surface area contributed by atoms with Gasteiger partial charge in [0, 0.05) is 0 Å². The minimum atomic E-state index is -0.855. The maximum atomic E-state index is 12.5. The topological polar surface area (TPSA) is 64.6 Å². The van der Waals surface area contributed by atoms with Gasteiger partial charge < -0.3 is 14.8 Å². The molecule has 5 heteroatoms. The molecule has 120 valence electrons. The number of rotatable bonds is 5. The molecular weight excluding hydrogens is 282 g/mol. The van der Waals surface area contributed by atoms with E-state index < -0.39 is 5.54 Å². The molecule has 1 amide bonds. The molecule has 5 nitrogen and oxygen atoms in total. The third-order valence-electron chi connectivity index (χ3n) is 4.40. The van der Waals surface area contributed by atoms with Gasteiger partial charge in [-0.05, 0) is 37.5 Å². The molecule has 1 fully saturated rings. The van der Waals surface area contributed by atoms with Gasteiger partial charge in [0.15, 0.2) is 0 Å². The lowest BCUT2D eigenvalue weighted by Crippen LogP contribution is -2.54. The molecule has 1 saturated carbocycles. The van der Waals surface area contributed by atoms with Gasteiger partial charge in [-0.1, -0.05) is 25.0 Å². The molecule has 1 aromatic carbocycles. The highest BCUT2D eigenvalue weighted by Gasteiger charge is 2.44. The lowest BCUT2D eigenvalue weighted by Gasteiger charge is -2.28. The third kappa shape index (κ3) is 3.24. The Morgan fingerprint density at radius 2 is 1.73 bits per heavy atom. The first-order valence-corrected chi connectivity index (χ1v) is 7.57. The number of esters is 1. The highest BCUT2D eigenvalue weighted by Crippen LogP contribution is 2.32. The highest BCUT2D eigenvalue weighted by molar-refractivity contribution is 5.91. The molecule has 0 spiro atoms. The lowest BCUT2D eigenvalue weighted by molar-refractivity contribution is -0.150. The summed E-state index contributed by atoms with van der Waals surface area (Å²) in [7, 11) is 2.97. The van der Waals surface area contributed by atoms with Gasteiger partial charge in [-0.3, -0.25) is 4.79 Å². The smallest absolute Gasteiger partial charge is 0.331 e. The van der Waals surface area contributed by atoms with E-state index in [2.05, 4.69) is 5.32 Å². The van der Waals surface area contributed by atoms with Gasteiger partial charge in [0.05, 0.1) is 20.1 Å². The molecule has 1 aromatic rings. The lowest BCUT2D eigenvalue weighted by atomic mass is 9.94. The zero-order chi connectivity index (χ0) is 16.2. The van der Waals surface area contributed by atoms with Gasteiger partial charge in [-0.25, -0.2) is 4.79 Å². The summed E-state index contributed by atoms with van der Waals surface area (Å²) in [4.78, 5) is 24.6. The maximum Gasteiger partial charge on any atom is 0.331 e. The number of methoxy groups -OCH3 is 2. The molecule has 1 unspecified atom stereocenters. The van der Waals surface area contributed by atoms with Crippen LogP contribution in [-0.4, -0.2) is 31.6 Å². The number of benzene rings is 1. The first-order chi connectivity index (χ1) is 10.5. The van der Waals surface area contributed by atoms with Crippen LogP contribution in [0.25, 0.3) is 0 Å². The Morgan fingerprint density at radius 3 is 2.23 bits per heavy atom. The summed E-state index contributed by atoms with van der Waals surface area (Å²) in [6.07, 6.45) is 3.13. The second-order valence-electron chi connectivity index (χ2n) is 5.76. The van der Waals surface area contributed by atoms with Crippen LogP contribution in [0.4, 0.5) is 0 Å². The van der Waals surface area contributed by atoms with Crippen molar-refractivity contribution in [2.75, 3.05) is 14.2 Å². The Morgan fingerprint density at radius 1 is 1.14 bits per heavy atom. The van der Waals surface area contributed by atoms with Crippen molar-refractivity contribution in [3.63, 3.8) is 0 Å². The SMILES string of the molecule is COC(=O)C1(NC(=O)C(C)c2ccc(OC)cc2)CCCC1. The van der Waals surface area contributed by atoms with E-state index in [-0.39, 0.29) is 17.8 Å². The normalized spacial score (nSPS) is 17.6. The van der Waals surface area contributed by atoms with E-state index in [9.17, 15) is 9.59 Å². The Hall–Kier alpha value is -2.04. The largest absolute Gasteiger partial charge is 0.497 e. The van der Waals surface area contributed by atoms with Crippen molar-refractivity contribution in [3.05, 3.63) is 29.8 Å². The van der Waals surface area contributed by atoms with Gasteiger partial charge in [0.25, 0.3) is 0 Å². The Labute approximate surface area is 131 Å². The first-order valence-electron chi connectivity index (χ1n) is 7.57. The predicted octanol–water partition coefficient (Wildman–Crippen LogP) is 2.40. The average Bonchev–Trinajstić information content (AvgIpc) is 3.03. The average molecular weight is 305 g/mol. The summed E-state index contributed by atoms with van der Waals surface area (Å²) in [6, 6.07) is 7.38. The Balaban J connectivity index is 2.10. The third-order valence-corrected chi connectivity index (χ3v) is 4.40. The van der Waals surface area contributed by atoms with E-state index in [0.717, 1.165) is 24.2 Å². The summed E-state index contributed by atoms with van der Waals surface area (Å²) in [6.45, 7) is 1.83. The van der Waals surface area contributed by atoms with Crippen LogP contribution in [0.2, 0.25) is 0 Å². The highest BCUT2D eigenvalue weighted by atomic mass is 16.5. The molecule has 22 heavy (non-hydrogen) atoms. The van der Waals surface area contributed by atoms with E-state index in [0.29, 0.717) is 12.8 Å². The zero-order valence-corrected chi connectivity index (χ0v) is 13.3. The van der Waals surface area contributed by atoms with Crippen molar-refractivity contribution < 1.29 is 19.1 Å². The molecular formula is C17H23NO4. The fourth-order valence-corrected chi connectivity index (χ4v) is 2.94. The Bertz CT molecular complexity index is 532. The maximum absolute atomic E-state index is 12.5. The van der Waals surface area contributed by atoms with Gasteiger partial charge >= 0.3 is 5.97 Å². The molecule has 0 radical (unpaired) electrons. The van der Waals surface area contributed by atoms with Crippen molar-refractivity contribution in [1.29, 1.82) is 0 Å². The predicted molar refractivity (Wildman–Crippen MR) is 82.8 cm³/mol. The summed E-state index contributed by atoms with van der Waals surface area (Å²) in [5, 5.41) is 2.93. The molecule has 1 aliphatic rings. The number of amides is 1. The number of nitrogens with one attached hydrogen (secondary N) is 1. The van der Waals surface area contributed by atoms with Crippen LogP contribution >= 0.6 is 0 Å². The van der Waals surface area contributed by atoms with Crippen LogP contribution in [0, 0.1) is 0 Å². The summed E-state index contributed by atoms with van der Waals surface area (Å²) in [5.74, 6) is -0.0935. The fraction of sp³-hybridized carbons (Fsp3) is 0.529. The monoisotopic (exact) mass is 305 g/mol. The van der Waals surface area contributed by atoms with E-state index in [1.807, 2.05) is 31.2 Å². The number of hydrogen-bond acceptors (Lipinski definition) is 4. The van der Waals surface area contributed by atoms with E-state index >= 15 is 0 Å². The van der Waals surface area contributed by atoms with Crippen LogP contribution < -0.4 is 10.1 Å². The minimum Gasteiger partial charge on any atom is -0.497 e. The number of ether oxygens (including phenoxy) is 2. The first kappa shape index (κ1) is 16.3. The van der Waals surface area contributed by atoms with Gasteiger partial charge in [-0.2, -0.15) is 0 Å². The molecule has 0 heterocycles. The quantitative estimate of drug-likeness (QED) is 0.848. The zero-order valence-electron chi connectivity index (χ0n) is 13.3. The standard InChI is InChI=1S/C17H23NO4/c1-12(13-6-8-14(21-2)9-7-13)15(19)18-17(16(20)22-3)10-4-5-11-17/h6-9,12H,4-5,10-11H2,1-3H3,(H,18,19). The Kier molecular flexibility index (Phi) is 5.06. The van der Waals surface area contributed by atoms with Crippen molar-refractivity contribution in [2.24, 2.45) is 0 Å². The van der Waals surface area contributed by atoms with E-state index in [4.69, 9.17) is 9.47 Å². The molecule has 2 rings (SSSR count). The van der Waals surface area contributed by atoms with Crippen LogP contribution in [0.15, 0.2) is 24.3 Å². The van der Waals surface area contributed by atoms with E-state index in [1.54, 1.807) is 7.11 Å².